The van der Waals surface area contributed by atoms with Crippen LogP contribution in [0.1, 0.15) is 12.7 Å². The Kier molecular flexibility index (Phi) is 5.26. The van der Waals surface area contributed by atoms with Crippen molar-refractivity contribution in [2.24, 2.45) is 0 Å². The Morgan fingerprint density at radius 2 is 2.10 bits per heavy atom. The van der Waals surface area contributed by atoms with Gasteiger partial charge in [0.1, 0.15) is 11.5 Å². The number of para-hydroxylation sites is 2. The highest BCUT2D eigenvalue weighted by Gasteiger charge is 2.11. The Hall–Kier alpha value is -2.43. The maximum absolute atomic E-state index is 12.1. The molecular weight excluding hydrogens is 268 g/mol. The molecule has 2 rings (SSSR count). The average molecular weight is 288 g/mol. The lowest BCUT2D eigenvalue weighted by Crippen LogP contribution is -2.31. The number of amides is 1. The summed E-state index contributed by atoms with van der Waals surface area (Å²) in [4.78, 5) is 13.7. The van der Waals surface area contributed by atoms with Crippen molar-refractivity contribution in [2.45, 2.75) is 13.5 Å². The molecule has 0 aliphatic rings. The normalized spacial score (nSPS) is 10.2. The van der Waals surface area contributed by atoms with Gasteiger partial charge in [-0.2, -0.15) is 0 Å². The van der Waals surface area contributed by atoms with Crippen LogP contribution in [0.5, 0.6) is 5.75 Å². The Labute approximate surface area is 124 Å². The molecule has 112 valence electrons. The van der Waals surface area contributed by atoms with E-state index in [1.54, 1.807) is 18.2 Å². The van der Waals surface area contributed by atoms with E-state index in [1.807, 2.05) is 43.3 Å². The van der Waals surface area contributed by atoms with E-state index < -0.39 is 0 Å². The number of anilines is 1. The second-order valence-corrected chi connectivity index (χ2v) is 4.61. The minimum Gasteiger partial charge on any atom is -0.492 e. The van der Waals surface area contributed by atoms with Crippen LogP contribution in [0.25, 0.3) is 0 Å². The van der Waals surface area contributed by atoms with Gasteiger partial charge in [0.2, 0.25) is 5.91 Å². The first-order valence-electron chi connectivity index (χ1n) is 6.92. The first-order valence-corrected chi connectivity index (χ1v) is 6.92. The molecule has 1 aromatic heterocycles. The quantitative estimate of drug-likeness (QED) is 0.851. The predicted molar refractivity (Wildman–Crippen MR) is 81.3 cm³/mol. The summed E-state index contributed by atoms with van der Waals surface area (Å²) in [5, 5.41) is 3.11. The number of carbonyl (C=O) groups is 1. The maximum atomic E-state index is 12.1. The summed E-state index contributed by atoms with van der Waals surface area (Å²) in [5.74, 6) is 1.50. The van der Waals surface area contributed by atoms with Crippen molar-refractivity contribution < 1.29 is 13.9 Å². The van der Waals surface area contributed by atoms with Gasteiger partial charge in [-0.25, -0.2) is 0 Å². The predicted octanol–water partition coefficient (Wildman–Crippen LogP) is 2.75. The zero-order valence-corrected chi connectivity index (χ0v) is 12.3. The molecule has 0 radical (unpaired) electrons. The summed E-state index contributed by atoms with van der Waals surface area (Å²) in [6.45, 7) is 3.19. The van der Waals surface area contributed by atoms with E-state index in [1.165, 1.54) is 0 Å². The fourth-order valence-electron chi connectivity index (χ4n) is 1.92. The number of furan rings is 1. The summed E-state index contributed by atoms with van der Waals surface area (Å²) < 4.78 is 10.7. The minimum atomic E-state index is -0.0160. The molecular formula is C16H20N2O3. The molecule has 1 N–H and O–H groups in total. The van der Waals surface area contributed by atoms with Gasteiger partial charge in [-0.15, -0.1) is 0 Å². The smallest absolute Gasteiger partial charge is 0.242 e. The molecule has 5 heteroatoms. The van der Waals surface area contributed by atoms with Crippen LogP contribution in [0.4, 0.5) is 5.69 Å². The first kappa shape index (κ1) is 15.0. The van der Waals surface area contributed by atoms with Crippen molar-refractivity contribution in [3.8, 4) is 5.75 Å². The van der Waals surface area contributed by atoms with Crippen LogP contribution in [0.2, 0.25) is 0 Å². The van der Waals surface area contributed by atoms with Crippen LogP contribution in [-0.2, 0) is 11.3 Å². The second kappa shape index (κ2) is 7.38. The van der Waals surface area contributed by atoms with Gasteiger partial charge in [-0.1, -0.05) is 12.1 Å². The van der Waals surface area contributed by atoms with E-state index in [9.17, 15) is 4.79 Å². The highest BCUT2D eigenvalue weighted by Crippen LogP contribution is 2.23. The van der Waals surface area contributed by atoms with Gasteiger partial charge < -0.3 is 19.4 Å². The Morgan fingerprint density at radius 1 is 1.29 bits per heavy atom. The van der Waals surface area contributed by atoms with E-state index in [0.29, 0.717) is 13.2 Å². The number of nitrogens with zero attached hydrogens (tertiary/aromatic N) is 1. The van der Waals surface area contributed by atoms with E-state index >= 15 is 0 Å². The van der Waals surface area contributed by atoms with Gasteiger partial charge in [-0.05, 0) is 31.2 Å². The van der Waals surface area contributed by atoms with E-state index in [2.05, 4.69) is 5.32 Å². The summed E-state index contributed by atoms with van der Waals surface area (Å²) in [7, 11) is 1.75. The lowest BCUT2D eigenvalue weighted by atomic mass is 10.3. The minimum absolute atomic E-state index is 0.0160. The van der Waals surface area contributed by atoms with Gasteiger partial charge in [0.15, 0.2) is 0 Å². The molecule has 21 heavy (non-hydrogen) atoms. The van der Waals surface area contributed by atoms with Crippen LogP contribution < -0.4 is 10.1 Å². The third-order valence-corrected chi connectivity index (χ3v) is 3.02. The van der Waals surface area contributed by atoms with Crippen molar-refractivity contribution >= 4 is 11.6 Å². The lowest BCUT2D eigenvalue weighted by molar-refractivity contribution is -0.128. The van der Waals surface area contributed by atoms with Gasteiger partial charge in [0, 0.05) is 7.05 Å². The molecule has 0 aliphatic heterocycles. The number of hydrogen-bond donors (Lipinski definition) is 1. The van der Waals surface area contributed by atoms with E-state index in [4.69, 9.17) is 9.15 Å². The number of ether oxygens (including phenoxy) is 1. The molecule has 1 amide bonds. The highest BCUT2D eigenvalue weighted by molar-refractivity contribution is 5.81. The molecule has 0 fully saturated rings. The van der Waals surface area contributed by atoms with Crippen molar-refractivity contribution in [3.05, 3.63) is 48.4 Å². The van der Waals surface area contributed by atoms with E-state index in [-0.39, 0.29) is 12.5 Å². The van der Waals surface area contributed by atoms with Crippen molar-refractivity contribution in [2.75, 3.05) is 25.5 Å². The fraction of sp³-hybridized carbons (Fsp3) is 0.312. The van der Waals surface area contributed by atoms with Crippen molar-refractivity contribution in [1.29, 1.82) is 0 Å². The Morgan fingerprint density at radius 3 is 2.81 bits per heavy atom. The highest BCUT2D eigenvalue weighted by atomic mass is 16.5. The van der Waals surface area contributed by atoms with Crippen molar-refractivity contribution in [1.82, 2.24) is 4.90 Å². The molecule has 0 spiro atoms. The third-order valence-electron chi connectivity index (χ3n) is 3.02. The number of likely N-dealkylation sites (N-methyl/N-ethyl adjacent to an activating group) is 1. The second-order valence-electron chi connectivity index (χ2n) is 4.61. The SMILES string of the molecule is CCOc1ccccc1NCC(=O)N(C)Cc1ccco1. The van der Waals surface area contributed by atoms with Crippen LogP contribution in [0.15, 0.2) is 47.1 Å². The average Bonchev–Trinajstić information content (AvgIpc) is 2.99. The zero-order chi connectivity index (χ0) is 15.1. The van der Waals surface area contributed by atoms with Gasteiger partial charge in [0.05, 0.1) is 31.6 Å². The number of hydrogen-bond acceptors (Lipinski definition) is 4. The molecule has 2 aromatic rings. The lowest BCUT2D eigenvalue weighted by Gasteiger charge is -2.17. The van der Waals surface area contributed by atoms with Crippen molar-refractivity contribution in [3.63, 3.8) is 0 Å². The Balaban J connectivity index is 1.88. The van der Waals surface area contributed by atoms with Crippen LogP contribution >= 0.6 is 0 Å². The van der Waals surface area contributed by atoms with Crippen LogP contribution in [-0.4, -0.2) is 31.0 Å². The molecule has 0 aliphatic carbocycles. The number of rotatable bonds is 7. The summed E-state index contributed by atoms with van der Waals surface area (Å²) >= 11 is 0. The number of nitrogens with one attached hydrogen (secondary N) is 1. The molecule has 1 heterocycles. The monoisotopic (exact) mass is 288 g/mol. The van der Waals surface area contributed by atoms with Gasteiger partial charge in [-0.3, -0.25) is 4.79 Å². The van der Waals surface area contributed by atoms with Gasteiger partial charge in [0.25, 0.3) is 0 Å². The first-order chi connectivity index (χ1) is 10.2. The molecule has 0 saturated heterocycles. The largest absolute Gasteiger partial charge is 0.492 e. The summed E-state index contributed by atoms with van der Waals surface area (Å²) in [5.41, 5.74) is 0.819. The van der Waals surface area contributed by atoms with Crippen LogP contribution in [0.3, 0.4) is 0 Å². The molecule has 0 bridgehead atoms. The summed E-state index contributed by atoms with van der Waals surface area (Å²) in [6, 6.07) is 11.2. The maximum Gasteiger partial charge on any atom is 0.242 e. The van der Waals surface area contributed by atoms with Gasteiger partial charge >= 0.3 is 0 Å². The number of carbonyl (C=O) groups excluding carboxylic acids is 1. The molecule has 0 atom stereocenters. The Bertz CT molecular complexity index is 567. The standard InChI is InChI=1S/C16H20N2O3/c1-3-20-15-9-5-4-8-14(15)17-11-16(19)18(2)12-13-7-6-10-21-13/h4-10,17H,3,11-12H2,1-2H3. The molecule has 5 nitrogen and oxygen atoms in total. The topological polar surface area (TPSA) is 54.7 Å². The summed E-state index contributed by atoms with van der Waals surface area (Å²) in [6.07, 6.45) is 1.60. The number of benzene rings is 1. The molecule has 0 saturated carbocycles. The third kappa shape index (κ3) is 4.27. The zero-order valence-electron chi connectivity index (χ0n) is 12.3. The fourth-order valence-corrected chi connectivity index (χ4v) is 1.92. The van der Waals surface area contributed by atoms with E-state index in [0.717, 1.165) is 17.2 Å². The molecule has 0 unspecified atom stereocenters. The van der Waals surface area contributed by atoms with Crippen LogP contribution in [0, 0.1) is 0 Å². The molecule has 1 aromatic carbocycles.